The molecule has 0 spiro atoms. The Morgan fingerprint density at radius 2 is 1.59 bits per heavy atom. The molecule has 2 N–H and O–H groups in total. The first-order chi connectivity index (χ1) is 15.4. The maximum atomic E-state index is 6.38. The molecule has 0 radical (unpaired) electrons. The van der Waals surface area contributed by atoms with Crippen LogP contribution in [0.25, 0.3) is 0 Å². The third-order valence-electron chi connectivity index (χ3n) is 5.21. The highest BCUT2D eigenvalue weighted by atomic mass is 35.5. The van der Waals surface area contributed by atoms with E-state index in [9.17, 15) is 0 Å². The topological polar surface area (TPSA) is 59.7 Å². The van der Waals surface area contributed by atoms with Crippen molar-refractivity contribution >= 4 is 40.4 Å². The summed E-state index contributed by atoms with van der Waals surface area (Å²) >= 11 is 11.9. The SMILES string of the molecule is Cc1ccc(Cn2nc(C)c(NC(=S)Nc3nn(Cc4ccccc4)cc3Cl)c2C)cc1. The van der Waals surface area contributed by atoms with Gasteiger partial charge in [0.2, 0.25) is 0 Å². The third-order valence-corrected chi connectivity index (χ3v) is 5.69. The first kappa shape index (κ1) is 22.0. The molecule has 0 atom stereocenters. The minimum Gasteiger partial charge on any atom is -0.329 e. The van der Waals surface area contributed by atoms with E-state index in [0.29, 0.717) is 29.0 Å². The molecule has 0 aliphatic rings. The van der Waals surface area contributed by atoms with Gasteiger partial charge in [-0.25, -0.2) is 0 Å². The second-order valence-electron chi connectivity index (χ2n) is 7.78. The van der Waals surface area contributed by atoms with Crippen molar-refractivity contribution in [3.63, 3.8) is 0 Å². The van der Waals surface area contributed by atoms with Gasteiger partial charge in [0.15, 0.2) is 10.9 Å². The second kappa shape index (κ2) is 9.54. The van der Waals surface area contributed by atoms with Crippen molar-refractivity contribution in [1.82, 2.24) is 19.6 Å². The number of thiocarbonyl (C=S) groups is 1. The molecule has 0 aliphatic heterocycles. The van der Waals surface area contributed by atoms with Crippen LogP contribution in [0.5, 0.6) is 0 Å². The van der Waals surface area contributed by atoms with E-state index in [1.807, 2.05) is 36.7 Å². The Kier molecular flexibility index (Phi) is 6.58. The largest absolute Gasteiger partial charge is 0.329 e. The molecule has 8 heteroatoms. The average Bonchev–Trinajstić information content (AvgIpc) is 3.23. The lowest BCUT2D eigenvalue weighted by Crippen LogP contribution is -2.20. The standard InChI is InChI=1S/C24H25ClN6S/c1-16-9-11-20(12-10-16)14-31-18(3)22(17(2)28-31)26-24(32)27-23-21(25)15-30(29-23)13-19-7-5-4-6-8-19/h4-12,15H,13-14H2,1-3H3,(H2,26,27,29,32). The molecule has 2 aromatic carbocycles. The number of rotatable bonds is 6. The van der Waals surface area contributed by atoms with Crippen LogP contribution in [0.2, 0.25) is 5.02 Å². The highest BCUT2D eigenvalue weighted by Crippen LogP contribution is 2.23. The lowest BCUT2D eigenvalue weighted by Gasteiger charge is -2.10. The summed E-state index contributed by atoms with van der Waals surface area (Å²) in [5.74, 6) is 0.516. The summed E-state index contributed by atoms with van der Waals surface area (Å²) in [6.45, 7) is 7.41. The van der Waals surface area contributed by atoms with Crippen molar-refractivity contribution in [3.05, 3.63) is 93.9 Å². The van der Waals surface area contributed by atoms with E-state index in [0.717, 1.165) is 22.6 Å². The molecule has 164 valence electrons. The molecular weight excluding hydrogens is 440 g/mol. The third kappa shape index (κ3) is 5.18. The van der Waals surface area contributed by atoms with Gasteiger partial charge >= 0.3 is 0 Å². The van der Waals surface area contributed by atoms with Gasteiger partial charge in [-0.05, 0) is 44.1 Å². The summed E-state index contributed by atoms with van der Waals surface area (Å²) in [4.78, 5) is 0. The van der Waals surface area contributed by atoms with Gasteiger partial charge in [0.1, 0.15) is 5.02 Å². The molecule has 2 aromatic heterocycles. The number of benzene rings is 2. The van der Waals surface area contributed by atoms with E-state index in [4.69, 9.17) is 23.8 Å². The molecule has 0 aliphatic carbocycles. The molecule has 4 rings (SSSR count). The first-order valence-electron chi connectivity index (χ1n) is 10.3. The summed E-state index contributed by atoms with van der Waals surface area (Å²) in [6, 6.07) is 18.6. The fourth-order valence-corrected chi connectivity index (χ4v) is 3.88. The summed E-state index contributed by atoms with van der Waals surface area (Å²) in [5, 5.41) is 16.5. The van der Waals surface area contributed by atoms with Gasteiger partial charge in [-0.15, -0.1) is 0 Å². The number of hydrogen-bond donors (Lipinski definition) is 2. The molecule has 0 saturated carbocycles. The Labute approximate surface area is 198 Å². The van der Waals surface area contributed by atoms with Crippen LogP contribution in [0.1, 0.15) is 28.1 Å². The number of nitrogens with one attached hydrogen (secondary N) is 2. The normalized spacial score (nSPS) is 10.9. The van der Waals surface area contributed by atoms with Crippen LogP contribution in [0.15, 0.2) is 60.8 Å². The zero-order valence-corrected chi connectivity index (χ0v) is 19.8. The van der Waals surface area contributed by atoms with Gasteiger partial charge in [0, 0.05) is 6.20 Å². The zero-order valence-electron chi connectivity index (χ0n) is 18.3. The van der Waals surface area contributed by atoms with E-state index in [-0.39, 0.29) is 0 Å². The molecule has 0 saturated heterocycles. The van der Waals surface area contributed by atoms with Crippen molar-refractivity contribution in [1.29, 1.82) is 0 Å². The van der Waals surface area contributed by atoms with E-state index < -0.39 is 0 Å². The second-order valence-corrected chi connectivity index (χ2v) is 8.59. The van der Waals surface area contributed by atoms with Gasteiger partial charge in [-0.3, -0.25) is 9.36 Å². The summed E-state index contributed by atoms with van der Waals surface area (Å²) < 4.78 is 3.77. The summed E-state index contributed by atoms with van der Waals surface area (Å²) in [6.07, 6.45) is 1.79. The van der Waals surface area contributed by atoms with Crippen LogP contribution in [-0.2, 0) is 13.1 Å². The van der Waals surface area contributed by atoms with Crippen molar-refractivity contribution in [2.45, 2.75) is 33.9 Å². The highest BCUT2D eigenvalue weighted by Gasteiger charge is 2.15. The Balaban J connectivity index is 1.43. The van der Waals surface area contributed by atoms with Crippen LogP contribution in [0.4, 0.5) is 11.5 Å². The van der Waals surface area contributed by atoms with Crippen LogP contribution in [-0.4, -0.2) is 24.7 Å². The lowest BCUT2D eigenvalue weighted by molar-refractivity contribution is 0.659. The predicted octanol–water partition coefficient (Wildman–Crippen LogP) is 5.56. The molecule has 2 heterocycles. The Morgan fingerprint density at radius 1 is 0.906 bits per heavy atom. The molecule has 0 unspecified atom stereocenters. The van der Waals surface area contributed by atoms with Gasteiger partial charge in [-0.2, -0.15) is 10.2 Å². The quantitative estimate of drug-likeness (QED) is 0.365. The molecule has 0 fully saturated rings. The van der Waals surface area contributed by atoms with Crippen LogP contribution >= 0.6 is 23.8 Å². The molecule has 0 bridgehead atoms. The number of halogens is 1. The summed E-state index contributed by atoms with van der Waals surface area (Å²) in [7, 11) is 0. The van der Waals surface area contributed by atoms with Crippen LogP contribution in [0.3, 0.4) is 0 Å². The minimum absolute atomic E-state index is 0.415. The van der Waals surface area contributed by atoms with Crippen molar-refractivity contribution in [3.8, 4) is 0 Å². The molecule has 6 nitrogen and oxygen atoms in total. The monoisotopic (exact) mass is 464 g/mol. The van der Waals surface area contributed by atoms with Crippen molar-refractivity contribution in [2.75, 3.05) is 10.6 Å². The Hall–Kier alpha value is -3.16. The van der Waals surface area contributed by atoms with Crippen LogP contribution < -0.4 is 10.6 Å². The maximum Gasteiger partial charge on any atom is 0.176 e. The molecular formula is C24H25ClN6S. The lowest BCUT2D eigenvalue weighted by atomic mass is 10.1. The van der Waals surface area contributed by atoms with Crippen molar-refractivity contribution < 1.29 is 0 Å². The van der Waals surface area contributed by atoms with Gasteiger partial charge in [0.25, 0.3) is 0 Å². The van der Waals surface area contributed by atoms with Crippen molar-refractivity contribution in [2.24, 2.45) is 0 Å². The number of anilines is 2. The summed E-state index contributed by atoms with van der Waals surface area (Å²) in [5.41, 5.74) is 6.35. The molecule has 32 heavy (non-hydrogen) atoms. The number of nitrogens with zero attached hydrogens (tertiary/aromatic N) is 4. The zero-order chi connectivity index (χ0) is 22.7. The molecule has 4 aromatic rings. The number of aryl methyl sites for hydroxylation is 2. The fraction of sp³-hybridized carbons (Fsp3) is 0.208. The maximum absolute atomic E-state index is 6.38. The van der Waals surface area contributed by atoms with Gasteiger partial charge in [0.05, 0.1) is 30.2 Å². The minimum atomic E-state index is 0.415. The first-order valence-corrected chi connectivity index (χ1v) is 11.1. The average molecular weight is 465 g/mol. The van der Waals surface area contributed by atoms with E-state index in [2.05, 4.69) is 64.2 Å². The van der Waals surface area contributed by atoms with E-state index in [1.54, 1.807) is 10.9 Å². The fourth-order valence-electron chi connectivity index (χ4n) is 3.48. The smallest absolute Gasteiger partial charge is 0.176 e. The van der Waals surface area contributed by atoms with Gasteiger partial charge < -0.3 is 10.6 Å². The highest BCUT2D eigenvalue weighted by molar-refractivity contribution is 7.80. The van der Waals surface area contributed by atoms with E-state index >= 15 is 0 Å². The van der Waals surface area contributed by atoms with Crippen LogP contribution in [0, 0.1) is 20.8 Å². The Morgan fingerprint density at radius 3 is 2.31 bits per heavy atom. The number of aromatic nitrogens is 4. The van der Waals surface area contributed by atoms with Gasteiger partial charge in [-0.1, -0.05) is 71.8 Å². The molecule has 0 amide bonds. The number of hydrogen-bond acceptors (Lipinski definition) is 3. The Bertz CT molecular complexity index is 1230. The predicted molar refractivity (Wildman–Crippen MR) is 135 cm³/mol. The van der Waals surface area contributed by atoms with E-state index in [1.165, 1.54) is 11.1 Å².